The Morgan fingerprint density at radius 1 is 0.952 bits per heavy atom. The van der Waals surface area contributed by atoms with E-state index in [1.807, 2.05) is 19.9 Å². The van der Waals surface area contributed by atoms with Gasteiger partial charge in [-0.15, -0.1) is 0 Å². The van der Waals surface area contributed by atoms with Gasteiger partial charge in [0.05, 0.1) is 5.56 Å². The molecule has 4 nitrogen and oxygen atoms in total. The second-order valence-corrected chi connectivity index (χ2v) is 4.91. The van der Waals surface area contributed by atoms with Crippen molar-refractivity contribution in [1.29, 1.82) is 0 Å². The van der Waals surface area contributed by atoms with Crippen LogP contribution in [-0.4, -0.2) is 17.0 Å². The quantitative estimate of drug-likeness (QED) is 0.691. The van der Waals surface area contributed by atoms with E-state index in [-0.39, 0.29) is 11.5 Å². The largest absolute Gasteiger partial charge is 0.478 e. The zero-order valence-corrected chi connectivity index (χ0v) is 12.1. The van der Waals surface area contributed by atoms with Crippen molar-refractivity contribution in [2.75, 3.05) is 0 Å². The summed E-state index contributed by atoms with van der Waals surface area (Å²) < 4.78 is 5.05. The van der Waals surface area contributed by atoms with Crippen LogP contribution in [0.3, 0.4) is 0 Å². The fraction of sp³-hybridized carbons (Fsp3) is 0.176. The number of carboxylic acids is 1. The number of hydrogen-bond donors (Lipinski definition) is 1. The molecular weight excluding hydrogens is 268 g/mol. The summed E-state index contributed by atoms with van der Waals surface area (Å²) in [6.45, 7) is 5.16. The van der Waals surface area contributed by atoms with Crippen molar-refractivity contribution in [3.05, 3.63) is 53.1 Å². The average molecular weight is 284 g/mol. The van der Waals surface area contributed by atoms with Crippen LogP contribution in [0.15, 0.2) is 36.4 Å². The van der Waals surface area contributed by atoms with Crippen molar-refractivity contribution in [2.45, 2.75) is 20.8 Å². The first-order valence-electron chi connectivity index (χ1n) is 6.52. The number of rotatable bonds is 3. The molecule has 2 rings (SSSR count). The van der Waals surface area contributed by atoms with Crippen LogP contribution >= 0.6 is 0 Å². The molecule has 0 unspecified atom stereocenters. The number of aromatic carboxylic acids is 1. The fourth-order valence-electron chi connectivity index (χ4n) is 2.27. The van der Waals surface area contributed by atoms with E-state index in [4.69, 9.17) is 9.84 Å². The third-order valence-electron chi connectivity index (χ3n) is 3.22. The molecule has 0 aromatic heterocycles. The Morgan fingerprint density at radius 3 is 2.00 bits per heavy atom. The summed E-state index contributed by atoms with van der Waals surface area (Å²) in [4.78, 5) is 21.9. The van der Waals surface area contributed by atoms with E-state index in [1.54, 1.807) is 30.3 Å². The molecule has 0 aliphatic heterocycles. The Morgan fingerprint density at radius 2 is 1.52 bits per heavy atom. The molecule has 0 saturated heterocycles. The van der Waals surface area contributed by atoms with Gasteiger partial charge in [0.15, 0.2) is 0 Å². The van der Waals surface area contributed by atoms with Crippen molar-refractivity contribution in [2.24, 2.45) is 0 Å². The minimum Gasteiger partial charge on any atom is -0.478 e. The van der Waals surface area contributed by atoms with Gasteiger partial charge in [-0.25, -0.2) is 4.79 Å². The number of aryl methyl sites for hydroxylation is 2. The standard InChI is InChI=1S/C17H16O4/c1-10-8-13(17(19)20)4-6-15(10)16-7-5-14(9-11(16)2)21-12(3)18/h4-9H,1-3H3,(H,19,20). The van der Waals surface area contributed by atoms with Gasteiger partial charge in [-0.1, -0.05) is 12.1 Å². The van der Waals surface area contributed by atoms with Crippen molar-refractivity contribution >= 4 is 11.9 Å². The average Bonchev–Trinajstić information content (AvgIpc) is 2.38. The summed E-state index contributed by atoms with van der Waals surface area (Å²) in [5.41, 5.74) is 4.07. The van der Waals surface area contributed by atoms with E-state index < -0.39 is 5.97 Å². The molecule has 0 radical (unpaired) electrons. The predicted molar refractivity (Wildman–Crippen MR) is 79.6 cm³/mol. The van der Waals surface area contributed by atoms with Crippen LogP contribution in [0.2, 0.25) is 0 Å². The van der Waals surface area contributed by atoms with E-state index in [9.17, 15) is 9.59 Å². The van der Waals surface area contributed by atoms with Crippen LogP contribution < -0.4 is 4.74 Å². The van der Waals surface area contributed by atoms with E-state index in [2.05, 4.69) is 0 Å². The predicted octanol–water partition coefficient (Wildman–Crippen LogP) is 3.59. The van der Waals surface area contributed by atoms with Gasteiger partial charge >= 0.3 is 11.9 Å². The first kappa shape index (κ1) is 14.8. The first-order valence-corrected chi connectivity index (χ1v) is 6.52. The smallest absolute Gasteiger partial charge is 0.335 e. The third-order valence-corrected chi connectivity index (χ3v) is 3.22. The van der Waals surface area contributed by atoms with Gasteiger partial charge in [-0.05, 0) is 60.4 Å². The second kappa shape index (κ2) is 5.79. The topological polar surface area (TPSA) is 63.6 Å². The molecule has 0 bridgehead atoms. The fourth-order valence-corrected chi connectivity index (χ4v) is 2.27. The number of carboxylic acid groups (broad SMARTS) is 1. The summed E-state index contributed by atoms with van der Waals surface area (Å²) in [5.74, 6) is -0.792. The van der Waals surface area contributed by atoms with Crippen LogP contribution in [0.1, 0.15) is 28.4 Å². The van der Waals surface area contributed by atoms with E-state index >= 15 is 0 Å². The summed E-state index contributed by atoms with van der Waals surface area (Å²) in [5, 5.41) is 9.00. The van der Waals surface area contributed by atoms with Gasteiger partial charge in [-0.3, -0.25) is 4.79 Å². The zero-order chi connectivity index (χ0) is 15.6. The maximum Gasteiger partial charge on any atom is 0.335 e. The van der Waals surface area contributed by atoms with Gasteiger partial charge in [0.2, 0.25) is 0 Å². The Balaban J connectivity index is 2.42. The van der Waals surface area contributed by atoms with Crippen LogP contribution in [0.25, 0.3) is 11.1 Å². The molecule has 0 heterocycles. The van der Waals surface area contributed by atoms with Crippen molar-refractivity contribution in [3.8, 4) is 16.9 Å². The molecule has 2 aromatic carbocycles. The molecule has 0 atom stereocenters. The van der Waals surface area contributed by atoms with Crippen LogP contribution in [0.5, 0.6) is 5.75 Å². The maximum absolute atomic E-state index is 11.0. The normalized spacial score (nSPS) is 10.2. The van der Waals surface area contributed by atoms with Crippen molar-refractivity contribution in [3.63, 3.8) is 0 Å². The lowest BCUT2D eigenvalue weighted by atomic mass is 9.95. The molecule has 108 valence electrons. The molecule has 0 aliphatic rings. The Kier molecular flexibility index (Phi) is 4.08. The lowest BCUT2D eigenvalue weighted by Crippen LogP contribution is -2.02. The third kappa shape index (κ3) is 3.28. The van der Waals surface area contributed by atoms with Crippen molar-refractivity contribution < 1.29 is 19.4 Å². The molecule has 4 heteroatoms. The molecule has 2 aromatic rings. The van der Waals surface area contributed by atoms with E-state index in [0.29, 0.717) is 5.75 Å². The summed E-state index contributed by atoms with van der Waals surface area (Å²) in [7, 11) is 0. The molecular formula is C17H16O4. The first-order chi connectivity index (χ1) is 9.88. The number of hydrogen-bond acceptors (Lipinski definition) is 3. The van der Waals surface area contributed by atoms with E-state index in [0.717, 1.165) is 22.3 Å². The highest BCUT2D eigenvalue weighted by molar-refractivity contribution is 5.89. The summed E-state index contributed by atoms with van der Waals surface area (Å²) in [6, 6.07) is 10.4. The molecule has 1 N–H and O–H groups in total. The van der Waals surface area contributed by atoms with Gasteiger partial charge in [0.25, 0.3) is 0 Å². The Bertz CT molecular complexity index is 717. The lowest BCUT2D eigenvalue weighted by molar-refractivity contribution is -0.131. The minimum absolute atomic E-state index is 0.269. The van der Waals surface area contributed by atoms with Gasteiger partial charge in [-0.2, -0.15) is 0 Å². The lowest BCUT2D eigenvalue weighted by Gasteiger charge is -2.11. The zero-order valence-electron chi connectivity index (χ0n) is 12.1. The second-order valence-electron chi connectivity index (χ2n) is 4.91. The van der Waals surface area contributed by atoms with Crippen molar-refractivity contribution in [1.82, 2.24) is 0 Å². The van der Waals surface area contributed by atoms with E-state index in [1.165, 1.54) is 6.92 Å². The number of ether oxygens (including phenoxy) is 1. The number of carbonyl (C=O) groups excluding carboxylic acids is 1. The minimum atomic E-state index is -0.938. The number of esters is 1. The monoisotopic (exact) mass is 284 g/mol. The summed E-state index contributed by atoms with van der Waals surface area (Å²) in [6.07, 6.45) is 0. The molecule has 0 aliphatic carbocycles. The van der Waals surface area contributed by atoms with Gasteiger partial charge < -0.3 is 9.84 Å². The molecule has 0 spiro atoms. The highest BCUT2D eigenvalue weighted by Crippen LogP contribution is 2.30. The highest BCUT2D eigenvalue weighted by Gasteiger charge is 2.10. The summed E-state index contributed by atoms with van der Waals surface area (Å²) >= 11 is 0. The van der Waals surface area contributed by atoms with Gasteiger partial charge in [0.1, 0.15) is 5.75 Å². The molecule has 0 fully saturated rings. The Labute approximate surface area is 123 Å². The molecule has 0 saturated carbocycles. The maximum atomic E-state index is 11.0. The number of benzene rings is 2. The molecule has 0 amide bonds. The Hall–Kier alpha value is -2.62. The molecule has 21 heavy (non-hydrogen) atoms. The van der Waals surface area contributed by atoms with Crippen LogP contribution in [-0.2, 0) is 4.79 Å². The SMILES string of the molecule is CC(=O)Oc1ccc(-c2ccc(C(=O)O)cc2C)c(C)c1. The number of carbonyl (C=O) groups is 2. The highest BCUT2D eigenvalue weighted by atomic mass is 16.5. The van der Waals surface area contributed by atoms with Gasteiger partial charge in [0, 0.05) is 6.92 Å². The van der Waals surface area contributed by atoms with Crippen LogP contribution in [0.4, 0.5) is 0 Å². The van der Waals surface area contributed by atoms with Crippen LogP contribution in [0, 0.1) is 13.8 Å².